The van der Waals surface area contributed by atoms with Crippen molar-refractivity contribution in [2.75, 3.05) is 26.7 Å². The van der Waals surface area contributed by atoms with E-state index < -0.39 is 11.6 Å². The van der Waals surface area contributed by atoms with Crippen molar-refractivity contribution in [1.82, 2.24) is 10.2 Å². The number of halogens is 2. The van der Waals surface area contributed by atoms with Crippen LogP contribution >= 0.6 is 0 Å². The predicted octanol–water partition coefficient (Wildman–Crippen LogP) is 1.54. The lowest BCUT2D eigenvalue weighted by Gasteiger charge is -2.33. The van der Waals surface area contributed by atoms with Gasteiger partial charge in [-0.05, 0) is 19.2 Å². The number of hydrogen-bond acceptors (Lipinski definition) is 2. The lowest BCUT2D eigenvalue weighted by atomic mass is 10.0. The largest absolute Gasteiger partial charge is 0.314 e. The van der Waals surface area contributed by atoms with Crippen molar-refractivity contribution in [2.45, 2.75) is 6.04 Å². The summed E-state index contributed by atoms with van der Waals surface area (Å²) < 4.78 is 27.0. The summed E-state index contributed by atoms with van der Waals surface area (Å²) in [5, 5.41) is 3.14. The average molecular weight is 212 g/mol. The molecule has 1 unspecified atom stereocenters. The minimum Gasteiger partial charge on any atom is -0.314 e. The molecule has 2 rings (SSSR count). The lowest BCUT2D eigenvalue weighted by Crippen LogP contribution is -2.44. The van der Waals surface area contributed by atoms with Crippen LogP contribution in [0.25, 0.3) is 0 Å². The standard InChI is InChI=1S/C11H14F2N2/c1-15-6-5-14-7-10(15)11-8(12)3-2-4-9(11)13/h2-4,10,14H,5-7H2,1H3. The quantitative estimate of drug-likeness (QED) is 0.759. The topological polar surface area (TPSA) is 15.3 Å². The van der Waals surface area contributed by atoms with Crippen LogP contribution in [0.2, 0.25) is 0 Å². The molecule has 4 heteroatoms. The molecule has 1 heterocycles. The molecular formula is C11H14F2N2. The van der Waals surface area contributed by atoms with Gasteiger partial charge in [0.15, 0.2) is 0 Å². The van der Waals surface area contributed by atoms with Crippen LogP contribution in [-0.2, 0) is 0 Å². The van der Waals surface area contributed by atoms with Gasteiger partial charge in [0.2, 0.25) is 0 Å². The maximum atomic E-state index is 13.5. The molecule has 0 spiro atoms. The molecule has 1 atom stereocenters. The van der Waals surface area contributed by atoms with E-state index in [4.69, 9.17) is 0 Å². The zero-order valence-corrected chi connectivity index (χ0v) is 8.63. The third-order valence-electron chi connectivity index (χ3n) is 2.84. The fourth-order valence-corrected chi connectivity index (χ4v) is 1.96. The van der Waals surface area contributed by atoms with Crippen molar-refractivity contribution in [1.29, 1.82) is 0 Å². The van der Waals surface area contributed by atoms with E-state index in [9.17, 15) is 8.78 Å². The van der Waals surface area contributed by atoms with Crippen LogP contribution in [0.5, 0.6) is 0 Å². The molecule has 1 N–H and O–H groups in total. The highest BCUT2D eigenvalue weighted by molar-refractivity contribution is 5.24. The molecule has 15 heavy (non-hydrogen) atoms. The van der Waals surface area contributed by atoms with Gasteiger partial charge >= 0.3 is 0 Å². The van der Waals surface area contributed by atoms with Gasteiger partial charge in [0.05, 0.1) is 6.04 Å². The summed E-state index contributed by atoms with van der Waals surface area (Å²) in [6.45, 7) is 2.26. The fraction of sp³-hybridized carbons (Fsp3) is 0.455. The van der Waals surface area contributed by atoms with Gasteiger partial charge in [0, 0.05) is 25.2 Å². The third-order valence-corrected chi connectivity index (χ3v) is 2.84. The Hall–Kier alpha value is -1.00. The summed E-state index contributed by atoms with van der Waals surface area (Å²) in [6, 6.07) is 3.80. The first kappa shape index (κ1) is 10.5. The lowest BCUT2D eigenvalue weighted by molar-refractivity contribution is 0.193. The van der Waals surface area contributed by atoms with E-state index in [1.807, 2.05) is 11.9 Å². The second-order valence-electron chi connectivity index (χ2n) is 3.84. The van der Waals surface area contributed by atoms with Crippen LogP contribution in [0.1, 0.15) is 11.6 Å². The van der Waals surface area contributed by atoms with E-state index >= 15 is 0 Å². The van der Waals surface area contributed by atoms with Gasteiger partial charge in [0.1, 0.15) is 11.6 Å². The van der Waals surface area contributed by atoms with Crippen molar-refractivity contribution in [3.8, 4) is 0 Å². The van der Waals surface area contributed by atoms with Gasteiger partial charge in [-0.25, -0.2) is 8.78 Å². The third kappa shape index (κ3) is 2.01. The van der Waals surface area contributed by atoms with E-state index in [2.05, 4.69) is 5.32 Å². The van der Waals surface area contributed by atoms with Gasteiger partial charge < -0.3 is 5.32 Å². The molecule has 2 nitrogen and oxygen atoms in total. The Bertz CT molecular complexity index is 334. The molecule has 1 saturated heterocycles. The van der Waals surface area contributed by atoms with Crippen LogP contribution in [0.4, 0.5) is 8.78 Å². The van der Waals surface area contributed by atoms with Gasteiger partial charge in [-0.2, -0.15) is 0 Å². The van der Waals surface area contributed by atoms with Crippen LogP contribution in [0, 0.1) is 11.6 Å². The molecule has 0 aliphatic carbocycles. The number of benzene rings is 1. The van der Waals surface area contributed by atoms with Crippen molar-refractivity contribution in [2.24, 2.45) is 0 Å². The summed E-state index contributed by atoms with van der Waals surface area (Å²) in [4.78, 5) is 1.97. The van der Waals surface area contributed by atoms with E-state index in [0.717, 1.165) is 13.1 Å². The molecule has 1 aliphatic heterocycles. The van der Waals surface area contributed by atoms with E-state index in [-0.39, 0.29) is 11.6 Å². The number of hydrogen-bond donors (Lipinski definition) is 1. The zero-order chi connectivity index (χ0) is 10.8. The molecule has 0 saturated carbocycles. The first-order valence-electron chi connectivity index (χ1n) is 5.05. The maximum absolute atomic E-state index is 13.5. The number of nitrogens with one attached hydrogen (secondary N) is 1. The van der Waals surface area contributed by atoms with Crippen LogP contribution in [0.3, 0.4) is 0 Å². The highest BCUT2D eigenvalue weighted by Gasteiger charge is 2.25. The molecule has 0 amide bonds. The predicted molar refractivity (Wildman–Crippen MR) is 54.6 cm³/mol. The smallest absolute Gasteiger partial charge is 0.130 e. The van der Waals surface area contributed by atoms with Crippen molar-refractivity contribution < 1.29 is 8.78 Å². The Labute approximate surface area is 87.9 Å². The van der Waals surface area contributed by atoms with Crippen molar-refractivity contribution in [3.05, 3.63) is 35.4 Å². The second kappa shape index (κ2) is 4.24. The summed E-state index contributed by atoms with van der Waals surface area (Å²) in [6.07, 6.45) is 0. The maximum Gasteiger partial charge on any atom is 0.130 e. The van der Waals surface area contributed by atoms with Crippen LogP contribution in [0.15, 0.2) is 18.2 Å². The first-order valence-corrected chi connectivity index (χ1v) is 5.05. The highest BCUT2D eigenvalue weighted by Crippen LogP contribution is 2.25. The number of rotatable bonds is 1. The number of nitrogens with zero attached hydrogens (tertiary/aromatic N) is 1. The molecule has 1 fully saturated rings. The Balaban J connectivity index is 2.35. The van der Waals surface area contributed by atoms with Crippen LogP contribution < -0.4 is 5.32 Å². The molecule has 1 aliphatic rings. The Morgan fingerprint density at radius 1 is 1.33 bits per heavy atom. The molecule has 1 aromatic rings. The van der Waals surface area contributed by atoms with E-state index in [1.54, 1.807) is 0 Å². The minimum atomic E-state index is -0.462. The van der Waals surface area contributed by atoms with Crippen molar-refractivity contribution in [3.63, 3.8) is 0 Å². The molecule has 82 valence electrons. The van der Waals surface area contributed by atoms with E-state index in [0.29, 0.717) is 6.54 Å². The second-order valence-corrected chi connectivity index (χ2v) is 3.84. The Morgan fingerprint density at radius 3 is 2.60 bits per heavy atom. The summed E-state index contributed by atoms with van der Waals surface area (Å²) in [7, 11) is 1.89. The SMILES string of the molecule is CN1CCNCC1c1c(F)cccc1F. The van der Waals surface area contributed by atoms with Crippen LogP contribution in [-0.4, -0.2) is 31.6 Å². The minimum absolute atomic E-state index is 0.173. The number of piperazine rings is 1. The van der Waals surface area contributed by atoms with Gasteiger partial charge in [-0.15, -0.1) is 0 Å². The monoisotopic (exact) mass is 212 g/mol. The van der Waals surface area contributed by atoms with Gasteiger partial charge in [-0.1, -0.05) is 6.07 Å². The van der Waals surface area contributed by atoms with Gasteiger partial charge in [0.25, 0.3) is 0 Å². The Morgan fingerprint density at radius 2 is 2.00 bits per heavy atom. The average Bonchev–Trinajstić information content (AvgIpc) is 2.20. The number of likely N-dealkylation sites (N-methyl/N-ethyl adjacent to an activating group) is 1. The summed E-state index contributed by atoms with van der Waals surface area (Å²) in [5.74, 6) is -0.925. The summed E-state index contributed by atoms with van der Waals surface area (Å²) >= 11 is 0. The first-order chi connectivity index (χ1) is 7.20. The highest BCUT2D eigenvalue weighted by atomic mass is 19.1. The molecule has 0 aromatic heterocycles. The molecular weight excluding hydrogens is 198 g/mol. The van der Waals surface area contributed by atoms with E-state index in [1.165, 1.54) is 18.2 Å². The Kier molecular flexibility index (Phi) is 2.98. The molecule has 0 bridgehead atoms. The fourth-order valence-electron chi connectivity index (χ4n) is 1.96. The van der Waals surface area contributed by atoms with Gasteiger partial charge in [-0.3, -0.25) is 4.90 Å². The summed E-state index contributed by atoms with van der Waals surface area (Å²) in [5.41, 5.74) is 0.173. The molecule has 1 aromatic carbocycles. The normalized spacial score (nSPS) is 23.0. The van der Waals surface area contributed by atoms with Crippen molar-refractivity contribution >= 4 is 0 Å². The zero-order valence-electron chi connectivity index (χ0n) is 8.63. The molecule has 0 radical (unpaired) electrons.